The topological polar surface area (TPSA) is 108 Å². The summed E-state index contributed by atoms with van der Waals surface area (Å²) in [6.45, 7) is 1.98. The molecule has 202 valence electrons. The van der Waals surface area contributed by atoms with Crippen LogP contribution in [0.5, 0.6) is 5.75 Å². The molecule has 0 radical (unpaired) electrons. The number of carboxylic acids is 1. The highest BCUT2D eigenvalue weighted by molar-refractivity contribution is 6.00. The average molecular weight is 547 g/mol. The van der Waals surface area contributed by atoms with Gasteiger partial charge in [0.1, 0.15) is 17.2 Å². The predicted octanol–water partition coefficient (Wildman–Crippen LogP) is 6.46. The second-order valence-corrected chi connectivity index (χ2v) is 8.63. The predicted molar refractivity (Wildman–Crippen MR) is 127 cm³/mol. The summed E-state index contributed by atoms with van der Waals surface area (Å²) < 4.78 is 78.0. The number of aromatic nitrogens is 5. The van der Waals surface area contributed by atoms with E-state index in [1.807, 2.05) is 0 Å². The Morgan fingerprint density at radius 2 is 1.82 bits per heavy atom. The van der Waals surface area contributed by atoms with Crippen LogP contribution in [0.2, 0.25) is 0 Å². The van der Waals surface area contributed by atoms with Gasteiger partial charge < -0.3 is 14.4 Å². The Balaban J connectivity index is 1.82. The molecule has 0 aliphatic rings. The Hall–Kier alpha value is -4.75. The largest absolute Gasteiger partial charge is 0.573 e. The maximum atomic E-state index is 13.3. The van der Waals surface area contributed by atoms with Gasteiger partial charge >= 0.3 is 18.9 Å². The standard InChI is InChI=1S/C25H18F5N5O4/c1-11-19(10-35(32-11)24(26)27)34-9-18(16-5-4-14(23(36)37)7-20(16)38-25(28,29)30)17-6-15(8-31-22(17)34)21-12(2)33-39-13(21)3/h4-10,24H,1-3H3,(H,36,37). The van der Waals surface area contributed by atoms with Crippen LogP contribution < -0.4 is 4.74 Å². The minimum atomic E-state index is -5.13. The Morgan fingerprint density at radius 3 is 2.41 bits per heavy atom. The van der Waals surface area contributed by atoms with E-state index in [0.717, 1.165) is 18.3 Å². The zero-order chi connectivity index (χ0) is 28.2. The molecule has 0 atom stereocenters. The molecule has 0 saturated heterocycles. The maximum Gasteiger partial charge on any atom is 0.573 e. The normalized spacial score (nSPS) is 12.0. The molecular formula is C25H18F5N5O4. The Bertz CT molecular complexity index is 1720. The average Bonchev–Trinajstić information content (AvgIpc) is 3.52. The lowest BCUT2D eigenvalue weighted by Crippen LogP contribution is -2.18. The summed E-state index contributed by atoms with van der Waals surface area (Å²) in [4.78, 5) is 16.0. The van der Waals surface area contributed by atoms with Crippen LogP contribution >= 0.6 is 0 Å². The molecule has 5 rings (SSSR count). The summed E-state index contributed by atoms with van der Waals surface area (Å²) in [5.74, 6) is -1.73. The van der Waals surface area contributed by atoms with Crippen LogP contribution in [0.4, 0.5) is 22.0 Å². The Morgan fingerprint density at radius 1 is 1.08 bits per heavy atom. The zero-order valence-electron chi connectivity index (χ0n) is 20.4. The second kappa shape index (κ2) is 9.22. The third-order valence-electron chi connectivity index (χ3n) is 6.06. The lowest BCUT2D eigenvalue weighted by Gasteiger charge is -2.14. The highest BCUT2D eigenvalue weighted by Gasteiger charge is 2.33. The first-order chi connectivity index (χ1) is 18.3. The summed E-state index contributed by atoms with van der Waals surface area (Å²) in [6, 6.07) is 4.73. The molecule has 0 unspecified atom stereocenters. The van der Waals surface area contributed by atoms with Gasteiger partial charge in [-0.3, -0.25) is 4.57 Å². The van der Waals surface area contributed by atoms with Crippen LogP contribution in [0.3, 0.4) is 0 Å². The van der Waals surface area contributed by atoms with Crippen LogP contribution in [0, 0.1) is 20.8 Å². The van der Waals surface area contributed by atoms with Crippen LogP contribution in [0.1, 0.15) is 34.1 Å². The van der Waals surface area contributed by atoms with Crippen molar-refractivity contribution in [3.63, 3.8) is 0 Å². The third kappa shape index (κ3) is 4.69. The lowest BCUT2D eigenvalue weighted by molar-refractivity contribution is -0.274. The van der Waals surface area contributed by atoms with E-state index in [2.05, 4.69) is 20.0 Å². The molecule has 0 aliphatic carbocycles. The molecule has 0 fully saturated rings. The summed E-state index contributed by atoms with van der Waals surface area (Å²) in [5, 5.41) is 17.4. The zero-order valence-corrected chi connectivity index (χ0v) is 20.4. The van der Waals surface area contributed by atoms with Crippen LogP contribution in [-0.2, 0) is 0 Å². The van der Waals surface area contributed by atoms with Gasteiger partial charge in [0.05, 0.1) is 28.8 Å². The number of carbonyl (C=O) groups is 1. The van der Waals surface area contributed by atoms with E-state index < -0.39 is 30.2 Å². The van der Waals surface area contributed by atoms with E-state index in [4.69, 9.17) is 4.52 Å². The minimum Gasteiger partial charge on any atom is -0.478 e. The number of halogens is 5. The van der Waals surface area contributed by atoms with Crippen molar-refractivity contribution in [2.75, 3.05) is 0 Å². The quantitative estimate of drug-likeness (QED) is 0.243. The molecule has 0 bridgehead atoms. The number of rotatable bonds is 6. The second-order valence-electron chi connectivity index (χ2n) is 8.63. The Labute approximate surface area is 216 Å². The van der Waals surface area contributed by atoms with Gasteiger partial charge in [-0.2, -0.15) is 13.9 Å². The lowest BCUT2D eigenvalue weighted by atomic mass is 10.00. The highest BCUT2D eigenvalue weighted by Crippen LogP contribution is 2.41. The van der Waals surface area contributed by atoms with Gasteiger partial charge in [0.15, 0.2) is 0 Å². The van der Waals surface area contributed by atoms with Gasteiger partial charge in [-0.05, 0) is 45.0 Å². The number of hydrogen-bond acceptors (Lipinski definition) is 6. The van der Waals surface area contributed by atoms with Gasteiger partial charge in [0.2, 0.25) is 0 Å². The smallest absolute Gasteiger partial charge is 0.478 e. The molecule has 0 spiro atoms. The Kier molecular flexibility index (Phi) is 6.12. The number of fused-ring (bicyclic) bond motifs is 1. The third-order valence-corrected chi connectivity index (χ3v) is 6.06. The summed E-state index contributed by atoms with van der Waals surface area (Å²) in [6.07, 6.45) is -1.12. The fraction of sp³-hybridized carbons (Fsp3) is 0.200. The monoisotopic (exact) mass is 547 g/mol. The first kappa shape index (κ1) is 25.9. The van der Waals surface area contributed by atoms with Crippen molar-refractivity contribution in [3.8, 4) is 33.7 Å². The SMILES string of the molecule is Cc1nn(C(F)F)cc1-n1cc(-c2ccc(C(=O)O)cc2OC(F)(F)F)c2cc(-c3c(C)noc3C)cnc21. The van der Waals surface area contributed by atoms with Gasteiger partial charge in [-0.15, -0.1) is 13.2 Å². The molecule has 9 nitrogen and oxygen atoms in total. The van der Waals surface area contributed by atoms with Crippen molar-refractivity contribution < 1.29 is 41.1 Å². The van der Waals surface area contributed by atoms with Gasteiger partial charge in [0, 0.05) is 40.0 Å². The molecule has 14 heteroatoms. The first-order valence-corrected chi connectivity index (χ1v) is 11.3. The van der Waals surface area contributed by atoms with Crippen LogP contribution in [0.15, 0.2) is 47.4 Å². The van der Waals surface area contributed by atoms with Crippen LogP contribution in [-0.4, -0.2) is 41.9 Å². The summed E-state index contributed by atoms with van der Waals surface area (Å²) in [7, 11) is 0. The number of pyridine rings is 1. The number of aryl methyl sites for hydroxylation is 3. The summed E-state index contributed by atoms with van der Waals surface area (Å²) in [5.41, 5.74) is 2.01. The molecule has 4 aromatic heterocycles. The van der Waals surface area contributed by atoms with E-state index in [0.29, 0.717) is 32.6 Å². The molecule has 4 heterocycles. The van der Waals surface area contributed by atoms with E-state index in [9.17, 15) is 31.9 Å². The number of alkyl halides is 5. The molecule has 0 saturated carbocycles. The fourth-order valence-corrected chi connectivity index (χ4v) is 4.43. The van der Waals surface area contributed by atoms with Gasteiger partial charge in [-0.1, -0.05) is 5.16 Å². The molecular weight excluding hydrogens is 529 g/mol. The van der Waals surface area contributed by atoms with Crippen LogP contribution in [0.25, 0.3) is 39.0 Å². The van der Waals surface area contributed by atoms with Gasteiger partial charge in [0.25, 0.3) is 0 Å². The highest BCUT2D eigenvalue weighted by atomic mass is 19.4. The molecule has 39 heavy (non-hydrogen) atoms. The fourth-order valence-electron chi connectivity index (χ4n) is 4.43. The number of aromatic carboxylic acids is 1. The van der Waals surface area contributed by atoms with E-state index in [1.54, 1.807) is 19.9 Å². The van der Waals surface area contributed by atoms with Crippen molar-refractivity contribution >= 4 is 17.0 Å². The molecule has 1 N–H and O–H groups in total. The summed E-state index contributed by atoms with van der Waals surface area (Å²) >= 11 is 0. The number of hydrogen-bond donors (Lipinski definition) is 1. The molecule has 0 aliphatic heterocycles. The number of ether oxygens (including phenoxy) is 1. The van der Waals surface area contributed by atoms with Crippen molar-refractivity contribution in [1.29, 1.82) is 0 Å². The van der Waals surface area contributed by atoms with Crippen molar-refractivity contribution in [3.05, 3.63) is 65.6 Å². The van der Waals surface area contributed by atoms with Crippen molar-refractivity contribution in [2.24, 2.45) is 0 Å². The molecule has 1 aromatic carbocycles. The minimum absolute atomic E-state index is 0.0994. The number of benzene rings is 1. The molecule has 5 aromatic rings. The van der Waals surface area contributed by atoms with Crippen molar-refractivity contribution in [1.82, 2.24) is 24.5 Å². The van der Waals surface area contributed by atoms with E-state index in [1.165, 1.54) is 30.0 Å². The van der Waals surface area contributed by atoms with Gasteiger partial charge in [-0.25, -0.2) is 14.5 Å². The van der Waals surface area contributed by atoms with Crippen molar-refractivity contribution in [2.45, 2.75) is 33.7 Å². The van der Waals surface area contributed by atoms with E-state index >= 15 is 0 Å². The number of nitrogens with zero attached hydrogens (tertiary/aromatic N) is 5. The first-order valence-electron chi connectivity index (χ1n) is 11.3. The van der Waals surface area contributed by atoms with E-state index in [-0.39, 0.29) is 28.2 Å². The maximum absolute atomic E-state index is 13.3. The molecule has 0 amide bonds. The number of carboxylic acid groups (broad SMARTS) is 1.